The topological polar surface area (TPSA) is 87.2 Å². The number of nitrogens with zero attached hydrogens (tertiary/aromatic N) is 2. The lowest BCUT2D eigenvalue weighted by molar-refractivity contribution is -0.141. The van der Waals surface area contributed by atoms with Crippen LogP contribution < -0.4 is 0 Å². The van der Waals surface area contributed by atoms with Gasteiger partial charge in [0, 0.05) is 32.6 Å². The Morgan fingerprint density at radius 2 is 1.90 bits per heavy atom. The molecule has 0 fully saturated rings. The second-order valence-electron chi connectivity index (χ2n) is 4.62. The smallest absolute Gasteiger partial charge is 0.319 e. The number of hydrogen-bond acceptors (Lipinski definition) is 4. The molecule has 1 unspecified atom stereocenters. The van der Waals surface area contributed by atoms with Gasteiger partial charge in [-0.15, -0.1) is 0 Å². The SMILES string of the molecule is CCN(C(=O)N(C)CCCC(=O)OC)C(C)CC(=O)O. The number of carbonyl (C=O) groups excluding carboxylic acids is 2. The maximum absolute atomic E-state index is 12.2. The predicted octanol–water partition coefficient (Wildman–Crippen LogP) is 1.18. The van der Waals surface area contributed by atoms with Crippen LogP contribution >= 0.6 is 0 Å². The number of esters is 1. The molecule has 20 heavy (non-hydrogen) atoms. The first kappa shape index (κ1) is 18.2. The van der Waals surface area contributed by atoms with E-state index in [1.165, 1.54) is 16.9 Å². The van der Waals surface area contributed by atoms with Crippen LogP contribution in [0.3, 0.4) is 0 Å². The van der Waals surface area contributed by atoms with Crippen molar-refractivity contribution in [3.63, 3.8) is 0 Å². The van der Waals surface area contributed by atoms with Crippen LogP contribution in [-0.4, -0.2) is 66.2 Å². The molecule has 0 aromatic carbocycles. The summed E-state index contributed by atoms with van der Waals surface area (Å²) >= 11 is 0. The molecule has 0 aliphatic carbocycles. The monoisotopic (exact) mass is 288 g/mol. The molecule has 7 heteroatoms. The van der Waals surface area contributed by atoms with Crippen LogP contribution in [0.2, 0.25) is 0 Å². The van der Waals surface area contributed by atoms with E-state index in [-0.39, 0.29) is 30.9 Å². The normalized spacial score (nSPS) is 11.6. The van der Waals surface area contributed by atoms with Crippen LogP contribution in [0.4, 0.5) is 4.79 Å². The van der Waals surface area contributed by atoms with Crippen molar-refractivity contribution in [2.75, 3.05) is 27.2 Å². The Morgan fingerprint density at radius 3 is 2.35 bits per heavy atom. The first-order chi connectivity index (χ1) is 9.33. The summed E-state index contributed by atoms with van der Waals surface area (Å²) in [5, 5.41) is 8.78. The summed E-state index contributed by atoms with van der Waals surface area (Å²) in [6.45, 7) is 4.37. The molecule has 1 atom stereocenters. The lowest BCUT2D eigenvalue weighted by Crippen LogP contribution is -2.46. The van der Waals surface area contributed by atoms with Crippen molar-refractivity contribution in [1.29, 1.82) is 0 Å². The van der Waals surface area contributed by atoms with Crippen molar-refractivity contribution in [2.45, 2.75) is 39.2 Å². The maximum atomic E-state index is 12.2. The highest BCUT2D eigenvalue weighted by molar-refractivity contribution is 5.76. The summed E-state index contributed by atoms with van der Waals surface area (Å²) in [4.78, 5) is 36.9. The van der Waals surface area contributed by atoms with Gasteiger partial charge in [0.25, 0.3) is 0 Å². The van der Waals surface area contributed by atoms with E-state index in [1.807, 2.05) is 0 Å². The number of carbonyl (C=O) groups is 3. The Kier molecular flexibility index (Phi) is 8.35. The van der Waals surface area contributed by atoms with Gasteiger partial charge >= 0.3 is 18.0 Å². The summed E-state index contributed by atoms with van der Waals surface area (Å²) < 4.78 is 4.53. The highest BCUT2D eigenvalue weighted by Crippen LogP contribution is 2.08. The van der Waals surface area contributed by atoms with E-state index in [0.29, 0.717) is 19.5 Å². The molecule has 0 spiro atoms. The van der Waals surface area contributed by atoms with Crippen molar-refractivity contribution in [1.82, 2.24) is 9.80 Å². The third-order valence-corrected chi connectivity index (χ3v) is 3.02. The first-order valence-electron chi connectivity index (χ1n) is 6.63. The van der Waals surface area contributed by atoms with Gasteiger partial charge < -0.3 is 19.6 Å². The van der Waals surface area contributed by atoms with E-state index in [4.69, 9.17) is 5.11 Å². The van der Waals surface area contributed by atoms with Crippen molar-refractivity contribution in [3.8, 4) is 0 Å². The van der Waals surface area contributed by atoms with Gasteiger partial charge in [-0.05, 0) is 20.3 Å². The van der Waals surface area contributed by atoms with Gasteiger partial charge in [-0.25, -0.2) is 4.79 Å². The Morgan fingerprint density at radius 1 is 1.30 bits per heavy atom. The molecule has 0 bridgehead atoms. The molecule has 0 aliphatic heterocycles. The molecule has 0 heterocycles. The Labute approximate surface area is 119 Å². The number of methoxy groups -OCH3 is 1. The van der Waals surface area contributed by atoms with Crippen molar-refractivity contribution < 1.29 is 24.2 Å². The zero-order chi connectivity index (χ0) is 15.7. The van der Waals surface area contributed by atoms with E-state index in [9.17, 15) is 14.4 Å². The number of aliphatic carboxylic acids is 1. The third kappa shape index (κ3) is 6.40. The minimum atomic E-state index is -0.933. The quantitative estimate of drug-likeness (QED) is 0.678. The molecule has 0 radical (unpaired) electrons. The van der Waals surface area contributed by atoms with Crippen molar-refractivity contribution in [2.24, 2.45) is 0 Å². The van der Waals surface area contributed by atoms with Gasteiger partial charge in [0.2, 0.25) is 0 Å². The molecule has 7 nitrogen and oxygen atoms in total. The summed E-state index contributed by atoms with van der Waals surface area (Å²) in [5.41, 5.74) is 0. The molecule has 2 amide bonds. The molecular weight excluding hydrogens is 264 g/mol. The summed E-state index contributed by atoms with van der Waals surface area (Å²) in [6.07, 6.45) is 0.681. The second-order valence-corrected chi connectivity index (χ2v) is 4.62. The largest absolute Gasteiger partial charge is 0.481 e. The van der Waals surface area contributed by atoms with Crippen LogP contribution in [0.15, 0.2) is 0 Å². The lowest BCUT2D eigenvalue weighted by atomic mass is 10.2. The molecule has 0 aliphatic rings. The number of ether oxygens (including phenoxy) is 1. The van der Waals surface area contributed by atoms with Gasteiger partial charge in [0.1, 0.15) is 0 Å². The minimum absolute atomic E-state index is 0.0877. The van der Waals surface area contributed by atoms with Gasteiger partial charge in [0.05, 0.1) is 13.5 Å². The van der Waals surface area contributed by atoms with Crippen LogP contribution in [0, 0.1) is 0 Å². The van der Waals surface area contributed by atoms with Crippen molar-refractivity contribution in [3.05, 3.63) is 0 Å². The van der Waals surface area contributed by atoms with E-state index < -0.39 is 5.97 Å². The molecule has 1 N–H and O–H groups in total. The standard InChI is InChI=1S/C13H24N2O5/c1-5-15(10(2)9-11(16)17)13(19)14(3)8-6-7-12(18)20-4/h10H,5-9H2,1-4H3,(H,16,17). The summed E-state index contributed by atoms with van der Waals surface area (Å²) in [6, 6.07) is -0.598. The second kappa shape index (κ2) is 9.17. The number of amides is 2. The van der Waals surface area contributed by atoms with Gasteiger partial charge in [-0.2, -0.15) is 0 Å². The lowest BCUT2D eigenvalue weighted by Gasteiger charge is -2.31. The Hall–Kier alpha value is -1.79. The van der Waals surface area contributed by atoms with Gasteiger partial charge in [-0.1, -0.05) is 0 Å². The fraction of sp³-hybridized carbons (Fsp3) is 0.769. The number of urea groups is 1. The summed E-state index contributed by atoms with van der Waals surface area (Å²) in [5.74, 6) is -1.24. The molecule has 0 aromatic heterocycles. The molecule has 0 saturated carbocycles. The number of carboxylic acid groups (broad SMARTS) is 1. The third-order valence-electron chi connectivity index (χ3n) is 3.02. The molecule has 116 valence electrons. The van der Waals surface area contributed by atoms with E-state index >= 15 is 0 Å². The highest BCUT2D eigenvalue weighted by atomic mass is 16.5. The zero-order valence-corrected chi connectivity index (χ0v) is 12.6. The van der Waals surface area contributed by atoms with E-state index in [0.717, 1.165) is 0 Å². The highest BCUT2D eigenvalue weighted by Gasteiger charge is 2.23. The minimum Gasteiger partial charge on any atom is -0.481 e. The first-order valence-corrected chi connectivity index (χ1v) is 6.63. The van der Waals surface area contributed by atoms with Crippen molar-refractivity contribution >= 4 is 18.0 Å². The Bertz CT molecular complexity index is 346. The predicted molar refractivity (Wildman–Crippen MR) is 73.4 cm³/mol. The van der Waals surface area contributed by atoms with Crippen LogP contribution in [0.1, 0.15) is 33.1 Å². The maximum Gasteiger partial charge on any atom is 0.319 e. The van der Waals surface area contributed by atoms with Crippen LogP contribution in [0.5, 0.6) is 0 Å². The van der Waals surface area contributed by atoms with Crippen LogP contribution in [0.25, 0.3) is 0 Å². The molecule has 0 rings (SSSR count). The van der Waals surface area contributed by atoms with E-state index in [1.54, 1.807) is 20.9 Å². The molecule has 0 aromatic rings. The average molecular weight is 288 g/mol. The molecular formula is C13H24N2O5. The van der Waals surface area contributed by atoms with Crippen LogP contribution in [-0.2, 0) is 14.3 Å². The molecule has 0 saturated heterocycles. The average Bonchev–Trinajstić information content (AvgIpc) is 2.37. The van der Waals surface area contributed by atoms with E-state index in [2.05, 4.69) is 4.74 Å². The van der Waals surface area contributed by atoms with Gasteiger partial charge in [-0.3, -0.25) is 9.59 Å². The number of rotatable bonds is 8. The fourth-order valence-corrected chi connectivity index (χ4v) is 1.88. The number of carboxylic acids is 1. The zero-order valence-electron chi connectivity index (χ0n) is 12.6. The summed E-state index contributed by atoms with van der Waals surface area (Å²) in [7, 11) is 2.96. The Balaban J connectivity index is 4.37. The fourth-order valence-electron chi connectivity index (χ4n) is 1.88. The number of hydrogen-bond donors (Lipinski definition) is 1. The van der Waals surface area contributed by atoms with Gasteiger partial charge in [0.15, 0.2) is 0 Å².